The van der Waals surface area contributed by atoms with Gasteiger partial charge in [-0.1, -0.05) is 51.8 Å². The Labute approximate surface area is 216 Å². The average Bonchev–Trinajstić information content (AvgIpc) is 3.10. The number of aryl methyl sites for hydroxylation is 1. The third-order valence-electron chi connectivity index (χ3n) is 5.18. The van der Waals surface area contributed by atoms with Gasteiger partial charge >= 0.3 is 5.97 Å². The lowest BCUT2D eigenvalue weighted by atomic mass is 10.1. The summed E-state index contributed by atoms with van der Waals surface area (Å²) in [5.41, 5.74) is 2.98. The van der Waals surface area contributed by atoms with Gasteiger partial charge in [-0.15, -0.1) is 0 Å². The number of amides is 2. The van der Waals surface area contributed by atoms with Crippen LogP contribution in [0.25, 0.3) is 6.08 Å². The lowest BCUT2D eigenvalue weighted by Gasteiger charge is -2.13. The maximum atomic E-state index is 12.9. The van der Waals surface area contributed by atoms with E-state index < -0.39 is 5.97 Å². The standard InChI is InChI=1S/C27H22BrNO5S/c1-3-33-23-14-19(8-13-22(23)34-26(31)20-9-4-17(2)5-10-20)15-24-25(30)29(27(32)35-24)16-18-6-11-21(28)12-7-18/h4-15H,3,16H2,1-2H3/b24-15-. The fourth-order valence-electron chi connectivity index (χ4n) is 3.38. The van der Waals surface area contributed by atoms with Crippen LogP contribution < -0.4 is 9.47 Å². The molecule has 1 saturated heterocycles. The van der Waals surface area contributed by atoms with Gasteiger partial charge in [-0.05, 0) is 79.2 Å². The number of carbonyl (C=O) groups excluding carboxylic acids is 3. The van der Waals surface area contributed by atoms with Crippen LogP contribution >= 0.6 is 27.7 Å². The molecule has 35 heavy (non-hydrogen) atoms. The van der Waals surface area contributed by atoms with Crippen molar-refractivity contribution in [2.24, 2.45) is 0 Å². The normalized spacial score (nSPS) is 14.5. The zero-order chi connectivity index (χ0) is 24.9. The van der Waals surface area contributed by atoms with Gasteiger partial charge in [0.1, 0.15) is 0 Å². The van der Waals surface area contributed by atoms with Gasteiger partial charge in [0.05, 0.1) is 23.6 Å². The number of rotatable bonds is 7. The van der Waals surface area contributed by atoms with Crippen LogP contribution in [0.4, 0.5) is 4.79 Å². The molecule has 0 bridgehead atoms. The van der Waals surface area contributed by atoms with Crippen molar-refractivity contribution in [3.63, 3.8) is 0 Å². The second-order valence-electron chi connectivity index (χ2n) is 7.79. The summed E-state index contributed by atoms with van der Waals surface area (Å²) in [6.07, 6.45) is 1.64. The molecule has 1 heterocycles. The van der Waals surface area contributed by atoms with E-state index in [0.717, 1.165) is 27.4 Å². The largest absolute Gasteiger partial charge is 0.490 e. The Kier molecular flexibility index (Phi) is 7.73. The van der Waals surface area contributed by atoms with E-state index in [0.29, 0.717) is 28.4 Å². The van der Waals surface area contributed by atoms with Crippen LogP contribution in [0.2, 0.25) is 0 Å². The van der Waals surface area contributed by atoms with Crippen LogP contribution in [-0.4, -0.2) is 28.6 Å². The molecule has 6 nitrogen and oxygen atoms in total. The number of thioether (sulfide) groups is 1. The molecule has 8 heteroatoms. The van der Waals surface area contributed by atoms with Crippen molar-refractivity contribution >= 4 is 50.9 Å². The smallest absolute Gasteiger partial charge is 0.343 e. The van der Waals surface area contributed by atoms with Gasteiger partial charge in [-0.2, -0.15) is 0 Å². The van der Waals surface area contributed by atoms with E-state index in [-0.39, 0.29) is 23.4 Å². The molecule has 0 atom stereocenters. The van der Waals surface area contributed by atoms with Gasteiger partial charge < -0.3 is 9.47 Å². The number of esters is 1. The number of hydrogen-bond donors (Lipinski definition) is 0. The van der Waals surface area contributed by atoms with Crippen LogP contribution in [0.3, 0.4) is 0 Å². The molecule has 3 aromatic carbocycles. The molecule has 0 N–H and O–H groups in total. The van der Waals surface area contributed by atoms with E-state index in [1.54, 1.807) is 36.4 Å². The lowest BCUT2D eigenvalue weighted by molar-refractivity contribution is -0.123. The van der Waals surface area contributed by atoms with Gasteiger partial charge in [0.2, 0.25) is 0 Å². The molecule has 0 aliphatic carbocycles. The maximum absolute atomic E-state index is 12.9. The van der Waals surface area contributed by atoms with Gasteiger partial charge in [0.25, 0.3) is 11.1 Å². The molecule has 0 saturated carbocycles. The van der Waals surface area contributed by atoms with Gasteiger partial charge in [-0.3, -0.25) is 14.5 Å². The topological polar surface area (TPSA) is 72.9 Å². The molecule has 4 rings (SSSR count). The fraction of sp³-hybridized carbons (Fsp3) is 0.148. The highest BCUT2D eigenvalue weighted by molar-refractivity contribution is 9.10. The minimum Gasteiger partial charge on any atom is -0.490 e. The average molecular weight is 552 g/mol. The Morgan fingerprint density at radius 3 is 2.40 bits per heavy atom. The Balaban J connectivity index is 1.52. The van der Waals surface area contributed by atoms with E-state index >= 15 is 0 Å². The summed E-state index contributed by atoms with van der Waals surface area (Å²) in [4.78, 5) is 39.5. The van der Waals surface area contributed by atoms with Crippen LogP contribution in [0.5, 0.6) is 11.5 Å². The number of carbonyl (C=O) groups is 3. The number of imide groups is 1. The highest BCUT2D eigenvalue weighted by Gasteiger charge is 2.35. The van der Waals surface area contributed by atoms with Crippen molar-refractivity contribution in [2.45, 2.75) is 20.4 Å². The molecule has 178 valence electrons. The van der Waals surface area contributed by atoms with Crippen LogP contribution in [0.15, 0.2) is 76.1 Å². The maximum Gasteiger partial charge on any atom is 0.343 e. The zero-order valence-electron chi connectivity index (χ0n) is 19.1. The first kappa shape index (κ1) is 24.8. The molecule has 3 aromatic rings. The van der Waals surface area contributed by atoms with Gasteiger partial charge in [0.15, 0.2) is 11.5 Å². The predicted octanol–water partition coefficient (Wildman–Crippen LogP) is 6.61. The first-order chi connectivity index (χ1) is 16.8. The third-order valence-corrected chi connectivity index (χ3v) is 6.62. The number of halogens is 1. The lowest BCUT2D eigenvalue weighted by Crippen LogP contribution is -2.27. The Hall–Kier alpha value is -3.36. The van der Waals surface area contributed by atoms with Crippen LogP contribution in [0, 0.1) is 6.92 Å². The molecule has 0 radical (unpaired) electrons. The predicted molar refractivity (Wildman–Crippen MR) is 139 cm³/mol. The first-order valence-corrected chi connectivity index (χ1v) is 12.5. The molecular formula is C27H22BrNO5S. The number of ether oxygens (including phenoxy) is 2. The summed E-state index contributed by atoms with van der Waals surface area (Å²) in [6.45, 7) is 4.33. The minimum absolute atomic E-state index is 0.202. The molecule has 0 aromatic heterocycles. The molecule has 1 aliphatic heterocycles. The van der Waals surface area contributed by atoms with Crippen LogP contribution in [-0.2, 0) is 11.3 Å². The second kappa shape index (κ2) is 10.9. The highest BCUT2D eigenvalue weighted by Crippen LogP contribution is 2.35. The van der Waals surface area contributed by atoms with Crippen molar-refractivity contribution in [3.05, 3.63) is 98.4 Å². The van der Waals surface area contributed by atoms with Crippen molar-refractivity contribution in [2.75, 3.05) is 6.61 Å². The van der Waals surface area contributed by atoms with Crippen molar-refractivity contribution in [1.29, 1.82) is 0 Å². The van der Waals surface area contributed by atoms with E-state index in [2.05, 4.69) is 15.9 Å². The number of hydrogen-bond acceptors (Lipinski definition) is 6. The second-order valence-corrected chi connectivity index (χ2v) is 9.70. The van der Waals surface area contributed by atoms with Crippen molar-refractivity contribution in [1.82, 2.24) is 4.90 Å². The molecular weight excluding hydrogens is 530 g/mol. The Bertz CT molecular complexity index is 1300. The monoisotopic (exact) mass is 551 g/mol. The zero-order valence-corrected chi connectivity index (χ0v) is 21.5. The van der Waals surface area contributed by atoms with Gasteiger partial charge in [-0.25, -0.2) is 4.79 Å². The van der Waals surface area contributed by atoms with Crippen molar-refractivity contribution < 1.29 is 23.9 Å². The Morgan fingerprint density at radius 2 is 1.71 bits per heavy atom. The van der Waals surface area contributed by atoms with Crippen molar-refractivity contribution in [3.8, 4) is 11.5 Å². The molecule has 0 unspecified atom stereocenters. The summed E-state index contributed by atoms with van der Waals surface area (Å²) in [5, 5.41) is -0.321. The first-order valence-electron chi connectivity index (χ1n) is 10.9. The molecule has 2 amide bonds. The minimum atomic E-state index is -0.493. The van der Waals surface area contributed by atoms with E-state index in [9.17, 15) is 14.4 Å². The number of benzene rings is 3. The fourth-order valence-corrected chi connectivity index (χ4v) is 4.48. The van der Waals surface area contributed by atoms with Gasteiger partial charge in [0, 0.05) is 4.47 Å². The highest BCUT2D eigenvalue weighted by atomic mass is 79.9. The summed E-state index contributed by atoms with van der Waals surface area (Å²) in [5.74, 6) is -0.197. The molecule has 1 fully saturated rings. The Morgan fingerprint density at radius 1 is 1.00 bits per heavy atom. The summed E-state index contributed by atoms with van der Waals surface area (Å²) < 4.78 is 12.2. The van der Waals surface area contributed by atoms with E-state index in [4.69, 9.17) is 9.47 Å². The quantitative estimate of drug-likeness (QED) is 0.187. The van der Waals surface area contributed by atoms with Crippen LogP contribution in [0.1, 0.15) is 34.0 Å². The summed E-state index contributed by atoms with van der Waals surface area (Å²) in [7, 11) is 0. The summed E-state index contributed by atoms with van der Waals surface area (Å²) in [6, 6.07) is 19.6. The molecule has 0 spiro atoms. The number of nitrogens with zero attached hydrogens (tertiary/aromatic N) is 1. The van der Waals surface area contributed by atoms with E-state index in [1.807, 2.05) is 50.2 Å². The SMILES string of the molecule is CCOc1cc(/C=C2\SC(=O)N(Cc3ccc(Br)cc3)C2=O)ccc1OC(=O)c1ccc(C)cc1. The third kappa shape index (κ3) is 6.01. The van der Waals surface area contributed by atoms with E-state index in [1.165, 1.54) is 4.90 Å². The summed E-state index contributed by atoms with van der Waals surface area (Å²) >= 11 is 4.27. The molecule has 1 aliphatic rings.